The van der Waals surface area contributed by atoms with Crippen LogP contribution in [0.5, 0.6) is 0 Å². The van der Waals surface area contributed by atoms with E-state index in [4.69, 9.17) is 20.9 Å². The molecule has 1 aromatic carbocycles. The molecule has 1 aliphatic heterocycles. The predicted molar refractivity (Wildman–Crippen MR) is 146 cm³/mol. The van der Waals surface area contributed by atoms with E-state index in [2.05, 4.69) is 15.5 Å². The summed E-state index contributed by atoms with van der Waals surface area (Å²) >= 11 is 0. The zero-order valence-electron chi connectivity index (χ0n) is 23.0. The fraction of sp³-hybridized carbons (Fsp3) is 0.519. The van der Waals surface area contributed by atoms with Gasteiger partial charge in [0.15, 0.2) is 5.84 Å². The SMILES string of the molecule is C/C(N)=N/N=C(\N)c1ccc(CNC(=O)CCOCCOCCN2C(=O)C(C(C)C)=C(C(C)C)C2=O)cc1. The molecule has 1 aromatic rings. The predicted octanol–water partition coefficient (Wildman–Crippen LogP) is 1.70. The van der Waals surface area contributed by atoms with Crippen LogP contribution in [0.1, 0.15) is 52.2 Å². The smallest absolute Gasteiger partial charge is 0.257 e. The number of amidine groups is 2. The largest absolute Gasteiger partial charge is 0.386 e. The molecular weight excluding hydrogens is 488 g/mol. The number of imide groups is 1. The Hall–Kier alpha value is -3.57. The average molecular weight is 529 g/mol. The van der Waals surface area contributed by atoms with Gasteiger partial charge in [-0.25, -0.2) is 0 Å². The highest BCUT2D eigenvalue weighted by Crippen LogP contribution is 2.31. The second kappa shape index (κ2) is 15.0. The normalized spacial score (nSPS) is 14.9. The Labute approximate surface area is 224 Å². The molecule has 0 aromatic heterocycles. The molecule has 0 aliphatic carbocycles. The summed E-state index contributed by atoms with van der Waals surface area (Å²) in [5.74, 6) is -0.0263. The molecule has 0 fully saturated rings. The number of nitrogens with one attached hydrogen (secondary N) is 1. The van der Waals surface area contributed by atoms with Gasteiger partial charge < -0.3 is 26.3 Å². The summed E-state index contributed by atoms with van der Waals surface area (Å²) in [6, 6.07) is 7.28. The summed E-state index contributed by atoms with van der Waals surface area (Å²) in [5.41, 5.74) is 14.1. The number of ether oxygens (including phenoxy) is 2. The quantitative estimate of drug-likeness (QED) is 0.103. The summed E-state index contributed by atoms with van der Waals surface area (Å²) in [5, 5.41) is 10.4. The van der Waals surface area contributed by atoms with Crippen molar-refractivity contribution < 1.29 is 23.9 Å². The first kappa shape index (κ1) is 30.7. The van der Waals surface area contributed by atoms with Gasteiger partial charge in [0.2, 0.25) is 5.91 Å². The topological polar surface area (TPSA) is 162 Å². The third-order valence-corrected chi connectivity index (χ3v) is 5.76. The van der Waals surface area contributed by atoms with Crippen LogP contribution in [0.2, 0.25) is 0 Å². The first-order chi connectivity index (χ1) is 18.0. The van der Waals surface area contributed by atoms with E-state index in [1.807, 2.05) is 39.8 Å². The minimum Gasteiger partial charge on any atom is -0.386 e. The van der Waals surface area contributed by atoms with Crippen molar-refractivity contribution >= 4 is 29.4 Å². The van der Waals surface area contributed by atoms with Crippen LogP contribution in [0.3, 0.4) is 0 Å². The standard InChI is InChI=1S/C27H40N6O5/c1-17(2)23-24(18(3)4)27(36)33(26(23)35)11-13-38-15-14-37-12-10-22(34)30-16-20-6-8-21(9-7-20)25(29)32-31-19(5)28/h6-9,17-18H,10-16H2,1-5H3,(H2,28,31)(H2,29,32)(H,30,34). The van der Waals surface area contributed by atoms with Crippen LogP contribution in [-0.2, 0) is 30.4 Å². The first-order valence-electron chi connectivity index (χ1n) is 12.8. The molecule has 0 radical (unpaired) electrons. The first-order valence-corrected chi connectivity index (χ1v) is 12.8. The van der Waals surface area contributed by atoms with Crippen molar-refractivity contribution in [3.63, 3.8) is 0 Å². The molecule has 0 spiro atoms. The van der Waals surface area contributed by atoms with E-state index in [0.717, 1.165) is 5.56 Å². The van der Waals surface area contributed by atoms with Crippen LogP contribution in [-0.4, -0.2) is 67.3 Å². The molecule has 1 heterocycles. The van der Waals surface area contributed by atoms with Crippen LogP contribution in [0, 0.1) is 11.8 Å². The number of carbonyl (C=O) groups is 3. The summed E-state index contributed by atoms with van der Waals surface area (Å²) < 4.78 is 11.0. The lowest BCUT2D eigenvalue weighted by atomic mass is 9.92. The summed E-state index contributed by atoms with van der Waals surface area (Å²) in [7, 11) is 0. The molecular formula is C27H40N6O5. The van der Waals surface area contributed by atoms with Crippen molar-refractivity contribution in [3.05, 3.63) is 46.5 Å². The van der Waals surface area contributed by atoms with Crippen molar-refractivity contribution in [3.8, 4) is 0 Å². The van der Waals surface area contributed by atoms with E-state index in [0.29, 0.717) is 42.3 Å². The van der Waals surface area contributed by atoms with Gasteiger partial charge in [-0.15, -0.1) is 10.2 Å². The third kappa shape index (κ3) is 9.07. The van der Waals surface area contributed by atoms with Crippen LogP contribution in [0.4, 0.5) is 0 Å². The Morgan fingerprint density at radius 1 is 0.895 bits per heavy atom. The number of amides is 3. The van der Waals surface area contributed by atoms with E-state index in [1.54, 1.807) is 19.1 Å². The number of carbonyl (C=O) groups excluding carboxylic acids is 3. The molecule has 0 bridgehead atoms. The Kier molecular flexibility index (Phi) is 12.1. The molecule has 11 nitrogen and oxygen atoms in total. The summed E-state index contributed by atoms with van der Waals surface area (Å²) in [4.78, 5) is 38.7. The second-order valence-corrected chi connectivity index (χ2v) is 9.57. The fourth-order valence-corrected chi connectivity index (χ4v) is 3.85. The Morgan fingerprint density at radius 3 is 1.97 bits per heavy atom. The highest BCUT2D eigenvalue weighted by Gasteiger charge is 2.39. The Morgan fingerprint density at radius 2 is 1.45 bits per heavy atom. The lowest BCUT2D eigenvalue weighted by molar-refractivity contribution is -0.138. The summed E-state index contributed by atoms with van der Waals surface area (Å²) in [6.45, 7) is 11.0. The van der Waals surface area contributed by atoms with Crippen molar-refractivity contribution in [2.45, 2.75) is 47.6 Å². The maximum absolute atomic E-state index is 12.7. The molecule has 38 heavy (non-hydrogen) atoms. The molecule has 1 aliphatic rings. The number of benzene rings is 1. The lowest BCUT2D eigenvalue weighted by Crippen LogP contribution is -2.35. The van der Waals surface area contributed by atoms with Crippen molar-refractivity contribution in [2.75, 3.05) is 33.0 Å². The van der Waals surface area contributed by atoms with E-state index < -0.39 is 0 Å². The van der Waals surface area contributed by atoms with Crippen LogP contribution in [0.15, 0.2) is 45.6 Å². The van der Waals surface area contributed by atoms with Crippen molar-refractivity contribution in [1.82, 2.24) is 10.2 Å². The van der Waals surface area contributed by atoms with Gasteiger partial charge in [-0.3, -0.25) is 19.3 Å². The van der Waals surface area contributed by atoms with Gasteiger partial charge in [0.1, 0.15) is 5.84 Å². The molecule has 2 rings (SSSR count). The number of nitrogens with two attached hydrogens (primary N) is 2. The van der Waals surface area contributed by atoms with Crippen LogP contribution >= 0.6 is 0 Å². The van der Waals surface area contributed by atoms with Gasteiger partial charge in [0.05, 0.1) is 33.0 Å². The lowest BCUT2D eigenvalue weighted by Gasteiger charge is -2.16. The van der Waals surface area contributed by atoms with E-state index in [-0.39, 0.29) is 61.6 Å². The fourth-order valence-electron chi connectivity index (χ4n) is 3.85. The second-order valence-electron chi connectivity index (χ2n) is 9.57. The molecule has 0 saturated heterocycles. The maximum atomic E-state index is 12.7. The number of hydrogen-bond donors (Lipinski definition) is 3. The molecule has 0 unspecified atom stereocenters. The molecule has 11 heteroatoms. The van der Waals surface area contributed by atoms with Crippen molar-refractivity contribution in [2.24, 2.45) is 33.5 Å². The summed E-state index contributed by atoms with van der Waals surface area (Å²) in [6.07, 6.45) is 0.215. The van der Waals surface area contributed by atoms with Gasteiger partial charge in [-0.2, -0.15) is 0 Å². The monoisotopic (exact) mass is 528 g/mol. The minimum absolute atomic E-state index is 0.00750. The highest BCUT2D eigenvalue weighted by molar-refractivity contribution is 6.19. The van der Waals surface area contributed by atoms with Gasteiger partial charge in [0.25, 0.3) is 11.8 Å². The molecule has 208 valence electrons. The molecule has 0 atom stereocenters. The van der Waals surface area contributed by atoms with E-state index in [9.17, 15) is 14.4 Å². The van der Waals surface area contributed by atoms with Gasteiger partial charge in [0, 0.05) is 29.7 Å². The van der Waals surface area contributed by atoms with E-state index >= 15 is 0 Å². The number of rotatable bonds is 15. The van der Waals surface area contributed by atoms with Crippen LogP contribution < -0.4 is 16.8 Å². The maximum Gasteiger partial charge on any atom is 0.257 e. The Balaban J connectivity index is 1.59. The highest BCUT2D eigenvalue weighted by atomic mass is 16.5. The van der Waals surface area contributed by atoms with Crippen LogP contribution in [0.25, 0.3) is 0 Å². The third-order valence-electron chi connectivity index (χ3n) is 5.76. The van der Waals surface area contributed by atoms with Gasteiger partial charge in [-0.05, 0) is 24.3 Å². The number of hydrogen-bond acceptors (Lipinski definition) is 7. The van der Waals surface area contributed by atoms with Crippen molar-refractivity contribution in [1.29, 1.82) is 0 Å². The average Bonchev–Trinajstić information content (AvgIpc) is 3.12. The zero-order valence-corrected chi connectivity index (χ0v) is 23.0. The minimum atomic E-state index is -0.221. The van der Waals surface area contributed by atoms with Gasteiger partial charge >= 0.3 is 0 Å². The molecule has 3 amide bonds. The molecule has 5 N–H and O–H groups in total. The zero-order chi connectivity index (χ0) is 28.2. The van der Waals surface area contributed by atoms with Gasteiger partial charge in [-0.1, -0.05) is 52.0 Å². The van der Waals surface area contributed by atoms with E-state index in [1.165, 1.54) is 4.90 Å². The number of nitrogens with zero attached hydrogens (tertiary/aromatic N) is 3. The molecule has 0 saturated carbocycles. The Bertz CT molecular complexity index is 1040.